The van der Waals surface area contributed by atoms with Gasteiger partial charge in [-0.2, -0.15) is 4.98 Å². The molecule has 0 unspecified atom stereocenters. The highest BCUT2D eigenvalue weighted by molar-refractivity contribution is 6.31. The van der Waals surface area contributed by atoms with E-state index in [1.54, 1.807) is 42.6 Å². The van der Waals surface area contributed by atoms with Crippen LogP contribution in [0, 0.1) is 17.0 Å². The van der Waals surface area contributed by atoms with Crippen LogP contribution in [0.15, 0.2) is 61.1 Å². The number of anilines is 2. The molecule has 29 heavy (non-hydrogen) atoms. The lowest BCUT2D eigenvalue weighted by Crippen LogP contribution is -2.04. The number of benzene rings is 2. The van der Waals surface area contributed by atoms with E-state index >= 15 is 0 Å². The number of rotatable bonds is 5. The first-order chi connectivity index (χ1) is 14.0. The summed E-state index contributed by atoms with van der Waals surface area (Å²) in [6, 6.07) is 14.1. The van der Waals surface area contributed by atoms with Crippen LogP contribution in [-0.2, 0) is 0 Å². The van der Waals surface area contributed by atoms with Crippen LogP contribution in [0.4, 0.5) is 17.2 Å². The molecule has 2 aromatic heterocycles. The second-order valence-corrected chi connectivity index (χ2v) is 6.55. The highest BCUT2D eigenvalue weighted by Crippen LogP contribution is 2.37. The Morgan fingerprint density at radius 1 is 1.10 bits per heavy atom. The molecule has 0 saturated heterocycles. The molecule has 0 aliphatic carbocycles. The molecular formula is C20H14ClN5O3. The van der Waals surface area contributed by atoms with Gasteiger partial charge in [0.25, 0.3) is 0 Å². The van der Waals surface area contributed by atoms with Crippen LogP contribution in [0.2, 0.25) is 5.02 Å². The van der Waals surface area contributed by atoms with Crippen molar-refractivity contribution in [3.05, 3.63) is 81.8 Å². The lowest BCUT2D eigenvalue weighted by atomic mass is 10.2. The highest BCUT2D eigenvalue weighted by Gasteiger charge is 2.25. The quantitative estimate of drug-likeness (QED) is 0.347. The predicted octanol–water partition coefficient (Wildman–Crippen LogP) is 5.43. The average Bonchev–Trinajstić information content (AvgIpc) is 2.71. The van der Waals surface area contributed by atoms with E-state index in [1.165, 1.54) is 6.33 Å². The van der Waals surface area contributed by atoms with E-state index in [1.807, 2.05) is 19.1 Å². The molecule has 0 radical (unpaired) electrons. The number of halogens is 1. The van der Waals surface area contributed by atoms with Gasteiger partial charge in [0.05, 0.1) is 10.4 Å². The molecule has 1 N–H and O–H groups in total. The molecule has 8 nitrogen and oxygen atoms in total. The van der Waals surface area contributed by atoms with Crippen molar-refractivity contribution in [2.24, 2.45) is 0 Å². The van der Waals surface area contributed by atoms with Crippen molar-refractivity contribution in [1.82, 2.24) is 15.0 Å². The third kappa shape index (κ3) is 3.78. The van der Waals surface area contributed by atoms with Crippen LogP contribution >= 0.6 is 11.6 Å². The van der Waals surface area contributed by atoms with E-state index < -0.39 is 4.92 Å². The van der Waals surface area contributed by atoms with Crippen LogP contribution in [0.1, 0.15) is 5.56 Å². The number of nitro groups is 1. The maximum absolute atomic E-state index is 11.8. The highest BCUT2D eigenvalue weighted by atomic mass is 35.5. The lowest BCUT2D eigenvalue weighted by Gasteiger charge is -2.11. The van der Waals surface area contributed by atoms with Gasteiger partial charge in [-0.1, -0.05) is 17.7 Å². The summed E-state index contributed by atoms with van der Waals surface area (Å²) in [5.41, 5.74) is 1.79. The number of nitrogens with one attached hydrogen (secondary N) is 1. The Morgan fingerprint density at radius 3 is 2.76 bits per heavy atom. The largest absolute Gasteiger partial charge is 0.434 e. The number of fused-ring (bicyclic) bond motifs is 1. The number of hydrogen-bond acceptors (Lipinski definition) is 7. The molecule has 4 rings (SSSR count). The van der Waals surface area contributed by atoms with E-state index in [0.29, 0.717) is 16.5 Å². The fraction of sp³-hybridized carbons (Fsp3) is 0.0500. The van der Waals surface area contributed by atoms with Crippen molar-refractivity contribution in [3.8, 4) is 11.6 Å². The third-order valence-corrected chi connectivity index (χ3v) is 4.64. The molecule has 0 amide bonds. The van der Waals surface area contributed by atoms with E-state index in [0.717, 1.165) is 16.5 Å². The zero-order chi connectivity index (χ0) is 20.4. The van der Waals surface area contributed by atoms with Gasteiger partial charge in [0.2, 0.25) is 5.82 Å². The first kappa shape index (κ1) is 18.6. The van der Waals surface area contributed by atoms with Crippen molar-refractivity contribution < 1.29 is 9.66 Å². The summed E-state index contributed by atoms with van der Waals surface area (Å²) in [6.45, 7) is 1.81. The Balaban J connectivity index is 1.75. The lowest BCUT2D eigenvalue weighted by molar-refractivity contribution is -0.385. The molecule has 0 atom stereocenters. The SMILES string of the molecule is Cc1cc(Oc2ncnc(Nc3cccc4ncccc34)c2[N+](=O)[O-])ccc1Cl. The zero-order valence-electron chi connectivity index (χ0n) is 15.2. The van der Waals surface area contributed by atoms with Gasteiger partial charge in [0, 0.05) is 22.3 Å². The van der Waals surface area contributed by atoms with Crippen molar-refractivity contribution in [1.29, 1.82) is 0 Å². The second-order valence-electron chi connectivity index (χ2n) is 6.15. The molecule has 9 heteroatoms. The van der Waals surface area contributed by atoms with E-state index in [4.69, 9.17) is 16.3 Å². The van der Waals surface area contributed by atoms with Gasteiger partial charge in [-0.15, -0.1) is 0 Å². The maximum Gasteiger partial charge on any atom is 0.373 e. The Labute approximate surface area is 170 Å². The van der Waals surface area contributed by atoms with Crippen molar-refractivity contribution in [2.45, 2.75) is 6.92 Å². The number of hydrogen-bond donors (Lipinski definition) is 1. The Kier molecular flexibility index (Phi) is 4.92. The smallest absolute Gasteiger partial charge is 0.373 e. The summed E-state index contributed by atoms with van der Waals surface area (Å²) in [5.74, 6) is 0.226. The van der Waals surface area contributed by atoms with Crippen LogP contribution in [0.5, 0.6) is 11.6 Å². The predicted molar refractivity (Wildman–Crippen MR) is 110 cm³/mol. The van der Waals surface area contributed by atoms with Gasteiger partial charge in [-0.05, 0) is 55.0 Å². The van der Waals surface area contributed by atoms with Crippen LogP contribution < -0.4 is 10.1 Å². The van der Waals surface area contributed by atoms with Crippen LogP contribution in [0.3, 0.4) is 0 Å². The van der Waals surface area contributed by atoms with E-state index in [2.05, 4.69) is 20.3 Å². The fourth-order valence-electron chi connectivity index (χ4n) is 2.83. The number of nitrogens with zero attached hydrogens (tertiary/aromatic N) is 4. The Morgan fingerprint density at radius 2 is 1.97 bits per heavy atom. The molecule has 0 saturated carbocycles. The topological polar surface area (TPSA) is 103 Å². The summed E-state index contributed by atoms with van der Waals surface area (Å²) < 4.78 is 5.67. The van der Waals surface area contributed by atoms with Gasteiger partial charge in [0.1, 0.15) is 12.1 Å². The maximum atomic E-state index is 11.8. The molecule has 2 aromatic carbocycles. The zero-order valence-corrected chi connectivity index (χ0v) is 15.9. The summed E-state index contributed by atoms with van der Waals surface area (Å²) in [5, 5.41) is 16.2. The molecule has 0 fully saturated rings. The molecule has 2 heterocycles. The number of aryl methyl sites for hydroxylation is 1. The van der Waals surface area contributed by atoms with Gasteiger partial charge in [0.15, 0.2) is 0 Å². The Hall–Kier alpha value is -3.78. The van der Waals surface area contributed by atoms with Gasteiger partial charge in [-0.3, -0.25) is 15.1 Å². The molecular weight excluding hydrogens is 394 g/mol. The van der Waals surface area contributed by atoms with Crippen LogP contribution in [-0.4, -0.2) is 19.9 Å². The molecule has 0 spiro atoms. The standard InChI is InChI=1S/C20H14ClN5O3/c1-12-10-13(7-8-15(12)21)29-20-18(26(27)28)19(23-11-24-20)25-17-6-2-5-16-14(17)4-3-9-22-16/h2-11H,1H3,(H,23,24,25). The minimum absolute atomic E-state index is 0.0158. The first-order valence-electron chi connectivity index (χ1n) is 8.57. The summed E-state index contributed by atoms with van der Waals surface area (Å²) in [6.07, 6.45) is 2.89. The van der Waals surface area contributed by atoms with Crippen molar-refractivity contribution >= 4 is 39.7 Å². The second kappa shape index (κ2) is 7.69. The summed E-state index contributed by atoms with van der Waals surface area (Å²) in [7, 11) is 0. The van der Waals surface area contributed by atoms with Gasteiger partial charge >= 0.3 is 11.6 Å². The summed E-state index contributed by atoms with van der Waals surface area (Å²) >= 11 is 6.02. The normalized spacial score (nSPS) is 10.7. The fourth-order valence-corrected chi connectivity index (χ4v) is 2.94. The van der Waals surface area contributed by atoms with Crippen molar-refractivity contribution in [2.75, 3.05) is 5.32 Å². The van der Waals surface area contributed by atoms with Crippen molar-refractivity contribution in [3.63, 3.8) is 0 Å². The number of ether oxygens (including phenoxy) is 1. The molecule has 0 aliphatic rings. The minimum Gasteiger partial charge on any atom is -0.434 e. The molecule has 0 aliphatic heterocycles. The third-order valence-electron chi connectivity index (χ3n) is 4.21. The van der Waals surface area contributed by atoms with Gasteiger partial charge in [-0.25, -0.2) is 4.98 Å². The average molecular weight is 408 g/mol. The Bertz CT molecular complexity index is 1230. The van der Waals surface area contributed by atoms with Gasteiger partial charge < -0.3 is 10.1 Å². The van der Waals surface area contributed by atoms with E-state index in [9.17, 15) is 10.1 Å². The number of pyridine rings is 1. The molecule has 144 valence electrons. The number of aromatic nitrogens is 3. The first-order valence-corrected chi connectivity index (χ1v) is 8.95. The molecule has 4 aromatic rings. The van der Waals surface area contributed by atoms with Crippen LogP contribution in [0.25, 0.3) is 10.9 Å². The monoisotopic (exact) mass is 407 g/mol. The summed E-state index contributed by atoms with van der Waals surface area (Å²) in [4.78, 5) is 23.5. The van der Waals surface area contributed by atoms with E-state index in [-0.39, 0.29) is 17.4 Å². The molecule has 0 bridgehead atoms. The minimum atomic E-state index is -0.580.